The molecule has 4 aromatic rings. The molecule has 2 aromatic heterocycles. The maximum absolute atomic E-state index is 12.6. The number of fused-ring (bicyclic) bond motifs is 1. The topological polar surface area (TPSA) is 75.9 Å². The molecule has 0 bridgehead atoms. The summed E-state index contributed by atoms with van der Waals surface area (Å²) >= 11 is 0. The lowest BCUT2D eigenvalue weighted by atomic mass is 10.1. The average molecular weight is 428 g/mol. The zero-order chi connectivity index (χ0) is 22.7. The quantitative estimate of drug-likeness (QED) is 0.500. The Morgan fingerprint density at radius 3 is 2.53 bits per heavy atom. The molecule has 0 atom stereocenters. The molecule has 0 unspecified atom stereocenters. The summed E-state index contributed by atoms with van der Waals surface area (Å²) in [6.07, 6.45) is 3.96. The van der Waals surface area contributed by atoms with E-state index >= 15 is 0 Å². The SMILES string of the molecule is Cc1ccc2nc(COc3ccc(C(=O)Nc4cccc(C(=O)N(C)C)c4)cc3)cn2c1. The maximum Gasteiger partial charge on any atom is 0.255 e. The number of imidazole rings is 1. The van der Waals surface area contributed by atoms with Crippen molar-refractivity contribution < 1.29 is 14.3 Å². The number of carbonyl (C=O) groups is 2. The van der Waals surface area contributed by atoms with Crippen molar-refractivity contribution in [2.75, 3.05) is 19.4 Å². The summed E-state index contributed by atoms with van der Waals surface area (Å²) in [7, 11) is 3.38. The zero-order valence-electron chi connectivity index (χ0n) is 18.2. The van der Waals surface area contributed by atoms with Gasteiger partial charge in [-0.05, 0) is 61.0 Å². The third-order valence-corrected chi connectivity index (χ3v) is 4.93. The summed E-state index contributed by atoms with van der Waals surface area (Å²) in [5.41, 5.74) is 4.42. The first kappa shape index (κ1) is 21.1. The fourth-order valence-corrected chi connectivity index (χ4v) is 3.28. The third kappa shape index (κ3) is 4.78. The maximum atomic E-state index is 12.6. The highest BCUT2D eigenvalue weighted by Gasteiger charge is 2.11. The van der Waals surface area contributed by atoms with Crippen LogP contribution in [0.25, 0.3) is 5.65 Å². The van der Waals surface area contributed by atoms with Gasteiger partial charge in [0, 0.05) is 43.3 Å². The molecule has 2 aromatic carbocycles. The van der Waals surface area contributed by atoms with E-state index in [2.05, 4.69) is 10.3 Å². The van der Waals surface area contributed by atoms with Crippen LogP contribution in [0.15, 0.2) is 73.1 Å². The van der Waals surface area contributed by atoms with Gasteiger partial charge in [-0.15, -0.1) is 0 Å². The zero-order valence-corrected chi connectivity index (χ0v) is 18.2. The van der Waals surface area contributed by atoms with Gasteiger partial charge in [0.25, 0.3) is 11.8 Å². The van der Waals surface area contributed by atoms with E-state index in [9.17, 15) is 9.59 Å². The number of rotatable bonds is 6. The van der Waals surface area contributed by atoms with Gasteiger partial charge in [-0.1, -0.05) is 12.1 Å². The Morgan fingerprint density at radius 2 is 1.78 bits per heavy atom. The highest BCUT2D eigenvalue weighted by molar-refractivity contribution is 6.05. The van der Waals surface area contributed by atoms with Crippen molar-refractivity contribution in [1.29, 1.82) is 0 Å². The number of carbonyl (C=O) groups excluding carboxylic acids is 2. The molecule has 7 nitrogen and oxygen atoms in total. The van der Waals surface area contributed by atoms with Crippen molar-refractivity contribution in [1.82, 2.24) is 14.3 Å². The van der Waals surface area contributed by atoms with Crippen LogP contribution in [0.1, 0.15) is 32.0 Å². The van der Waals surface area contributed by atoms with Gasteiger partial charge >= 0.3 is 0 Å². The minimum atomic E-state index is -0.262. The Morgan fingerprint density at radius 1 is 1.00 bits per heavy atom. The summed E-state index contributed by atoms with van der Waals surface area (Å²) < 4.78 is 7.79. The van der Waals surface area contributed by atoms with E-state index < -0.39 is 0 Å². The molecule has 7 heteroatoms. The van der Waals surface area contributed by atoms with Crippen LogP contribution >= 0.6 is 0 Å². The molecule has 0 radical (unpaired) electrons. The number of nitrogens with zero attached hydrogens (tertiary/aromatic N) is 3. The lowest BCUT2D eigenvalue weighted by Gasteiger charge is -2.12. The molecule has 1 N–H and O–H groups in total. The van der Waals surface area contributed by atoms with E-state index in [1.54, 1.807) is 62.6 Å². The second kappa shape index (κ2) is 8.93. The van der Waals surface area contributed by atoms with Gasteiger partial charge < -0.3 is 19.4 Å². The second-order valence-electron chi connectivity index (χ2n) is 7.75. The number of aromatic nitrogens is 2. The summed E-state index contributed by atoms with van der Waals surface area (Å²) in [5, 5.41) is 2.83. The van der Waals surface area contributed by atoms with Crippen LogP contribution in [0.2, 0.25) is 0 Å². The Hall–Kier alpha value is -4.13. The van der Waals surface area contributed by atoms with E-state index in [1.165, 1.54) is 4.90 Å². The van der Waals surface area contributed by atoms with E-state index in [4.69, 9.17) is 4.74 Å². The molecule has 0 aliphatic carbocycles. The van der Waals surface area contributed by atoms with Gasteiger partial charge in [-0.3, -0.25) is 9.59 Å². The van der Waals surface area contributed by atoms with Crippen molar-refractivity contribution in [3.05, 3.63) is 95.4 Å². The van der Waals surface area contributed by atoms with Gasteiger partial charge in [-0.25, -0.2) is 4.98 Å². The van der Waals surface area contributed by atoms with Crippen molar-refractivity contribution in [3.63, 3.8) is 0 Å². The number of benzene rings is 2. The number of aryl methyl sites for hydroxylation is 1. The van der Waals surface area contributed by atoms with Crippen LogP contribution in [0.4, 0.5) is 5.69 Å². The number of hydrogen-bond donors (Lipinski definition) is 1. The molecule has 0 saturated carbocycles. The number of pyridine rings is 1. The summed E-state index contributed by atoms with van der Waals surface area (Å²) in [4.78, 5) is 30.7. The third-order valence-electron chi connectivity index (χ3n) is 4.93. The van der Waals surface area contributed by atoms with Crippen molar-refractivity contribution in [3.8, 4) is 5.75 Å². The molecule has 0 aliphatic heterocycles. The number of amides is 2. The van der Waals surface area contributed by atoms with Crippen LogP contribution in [-0.4, -0.2) is 40.2 Å². The molecule has 0 saturated heterocycles. The van der Waals surface area contributed by atoms with Gasteiger partial charge in [0.15, 0.2) is 0 Å². The summed E-state index contributed by atoms with van der Waals surface area (Å²) in [5.74, 6) is 0.262. The Bertz CT molecular complexity index is 1280. The monoisotopic (exact) mass is 428 g/mol. The molecular formula is C25H24N4O3. The molecule has 32 heavy (non-hydrogen) atoms. The molecule has 0 spiro atoms. The molecule has 2 amide bonds. The van der Waals surface area contributed by atoms with Gasteiger partial charge in [0.1, 0.15) is 18.0 Å². The van der Waals surface area contributed by atoms with E-state index in [0.717, 1.165) is 16.9 Å². The van der Waals surface area contributed by atoms with Crippen LogP contribution in [0, 0.1) is 6.92 Å². The molecule has 0 fully saturated rings. The Balaban J connectivity index is 1.38. The van der Waals surface area contributed by atoms with Gasteiger partial charge in [-0.2, -0.15) is 0 Å². The first-order chi connectivity index (χ1) is 15.4. The number of hydrogen-bond acceptors (Lipinski definition) is 4. The standard InChI is InChI=1S/C25H24N4O3/c1-17-7-12-23-26-21(15-29(23)14-17)16-32-22-10-8-18(9-11-22)24(30)27-20-6-4-5-19(13-20)25(31)28(2)3/h4-15H,16H2,1-3H3,(H,27,30). The first-order valence-corrected chi connectivity index (χ1v) is 10.2. The number of nitrogens with one attached hydrogen (secondary N) is 1. The van der Waals surface area contributed by atoms with E-state index in [0.29, 0.717) is 29.2 Å². The highest BCUT2D eigenvalue weighted by Crippen LogP contribution is 2.17. The lowest BCUT2D eigenvalue weighted by Crippen LogP contribution is -2.21. The van der Waals surface area contributed by atoms with E-state index in [-0.39, 0.29) is 11.8 Å². The summed E-state index contributed by atoms with van der Waals surface area (Å²) in [6.45, 7) is 2.37. The minimum absolute atomic E-state index is 0.122. The molecule has 0 aliphatic rings. The van der Waals surface area contributed by atoms with Crippen LogP contribution in [-0.2, 0) is 6.61 Å². The minimum Gasteiger partial charge on any atom is -0.487 e. The Labute approximate surface area is 186 Å². The van der Waals surface area contributed by atoms with Gasteiger partial charge in [0.2, 0.25) is 0 Å². The van der Waals surface area contributed by atoms with E-state index in [1.807, 2.05) is 35.9 Å². The largest absolute Gasteiger partial charge is 0.487 e. The van der Waals surface area contributed by atoms with Crippen molar-refractivity contribution >= 4 is 23.1 Å². The molecule has 162 valence electrons. The lowest BCUT2D eigenvalue weighted by molar-refractivity contribution is 0.0827. The van der Waals surface area contributed by atoms with Crippen LogP contribution < -0.4 is 10.1 Å². The average Bonchev–Trinajstić information content (AvgIpc) is 3.19. The molecular weight excluding hydrogens is 404 g/mol. The smallest absolute Gasteiger partial charge is 0.255 e. The highest BCUT2D eigenvalue weighted by atomic mass is 16.5. The predicted octanol–water partition coefficient (Wildman–Crippen LogP) is 4.18. The summed E-state index contributed by atoms with van der Waals surface area (Å²) in [6, 6.07) is 17.8. The van der Waals surface area contributed by atoms with Crippen LogP contribution in [0.5, 0.6) is 5.75 Å². The molecule has 2 heterocycles. The Kier molecular flexibility index (Phi) is 5.89. The number of ether oxygens (including phenoxy) is 1. The van der Waals surface area contributed by atoms with Crippen molar-refractivity contribution in [2.24, 2.45) is 0 Å². The normalized spacial score (nSPS) is 10.7. The fraction of sp³-hybridized carbons (Fsp3) is 0.160. The van der Waals surface area contributed by atoms with Crippen LogP contribution in [0.3, 0.4) is 0 Å². The second-order valence-corrected chi connectivity index (χ2v) is 7.75. The van der Waals surface area contributed by atoms with Crippen molar-refractivity contribution in [2.45, 2.75) is 13.5 Å². The fourth-order valence-electron chi connectivity index (χ4n) is 3.28. The molecule has 4 rings (SSSR count). The predicted molar refractivity (Wildman–Crippen MR) is 123 cm³/mol. The van der Waals surface area contributed by atoms with Gasteiger partial charge in [0.05, 0.1) is 5.69 Å². The number of anilines is 1. The first-order valence-electron chi connectivity index (χ1n) is 10.2.